The fraction of sp³-hybridized carbons (Fsp3) is 0.188. The van der Waals surface area contributed by atoms with Crippen LogP contribution in [0.5, 0.6) is 5.75 Å². The molecule has 0 aliphatic carbocycles. The molecule has 0 spiro atoms. The van der Waals surface area contributed by atoms with Gasteiger partial charge in [0.05, 0.1) is 6.07 Å². The van der Waals surface area contributed by atoms with E-state index in [0.29, 0.717) is 11.1 Å². The molecule has 2 aromatic heterocycles. The van der Waals surface area contributed by atoms with E-state index >= 15 is 0 Å². The van der Waals surface area contributed by atoms with Crippen LogP contribution in [0.1, 0.15) is 5.82 Å². The Balaban J connectivity index is 1.95. The second-order valence-corrected chi connectivity index (χ2v) is 5.21. The molecule has 0 aliphatic heterocycles. The van der Waals surface area contributed by atoms with Crippen LogP contribution in [0, 0.1) is 11.3 Å². The average Bonchev–Trinajstić information content (AvgIpc) is 3.03. The minimum absolute atomic E-state index is 0.103. The fourth-order valence-corrected chi connectivity index (χ4v) is 2.30. The summed E-state index contributed by atoms with van der Waals surface area (Å²) in [5, 5.41) is 15.4. The van der Waals surface area contributed by atoms with Gasteiger partial charge in [-0.15, -0.1) is 23.4 Å². The number of aromatic nitrogens is 3. The first-order chi connectivity index (χ1) is 12.7. The Hall–Kier alpha value is -3.26. The van der Waals surface area contributed by atoms with E-state index in [0.717, 1.165) is 16.5 Å². The van der Waals surface area contributed by atoms with E-state index in [1.165, 1.54) is 30.5 Å². The monoisotopic (exact) mass is 384 g/mol. The van der Waals surface area contributed by atoms with Crippen LogP contribution < -0.4 is 4.74 Å². The highest BCUT2D eigenvalue weighted by molar-refractivity contribution is 5.65. The second-order valence-electron chi connectivity index (χ2n) is 5.21. The van der Waals surface area contributed by atoms with E-state index in [2.05, 4.69) is 19.7 Å². The van der Waals surface area contributed by atoms with Crippen molar-refractivity contribution < 1.29 is 31.4 Å². The molecule has 0 amide bonds. The van der Waals surface area contributed by atoms with Crippen LogP contribution in [-0.4, -0.2) is 27.6 Å². The van der Waals surface area contributed by atoms with E-state index in [1.807, 2.05) is 0 Å². The van der Waals surface area contributed by atoms with Gasteiger partial charge >= 0.3 is 12.5 Å². The third kappa shape index (κ3) is 4.12. The number of rotatable bonds is 5. The van der Waals surface area contributed by atoms with Gasteiger partial charge in [-0.3, -0.25) is 9.14 Å². The first kappa shape index (κ1) is 18.5. The maximum atomic E-state index is 14.0. The van der Waals surface area contributed by atoms with Crippen molar-refractivity contribution in [2.24, 2.45) is 0 Å². The van der Waals surface area contributed by atoms with Crippen molar-refractivity contribution in [1.29, 1.82) is 5.26 Å². The zero-order valence-electron chi connectivity index (χ0n) is 13.2. The summed E-state index contributed by atoms with van der Waals surface area (Å²) in [6, 6.07) is 9.28. The first-order valence-electron chi connectivity index (χ1n) is 7.30. The van der Waals surface area contributed by atoms with E-state index in [4.69, 9.17) is 5.26 Å². The highest BCUT2D eigenvalue weighted by Gasteiger charge is 2.38. The Morgan fingerprint density at radius 1 is 0.963 bits per heavy atom. The summed E-state index contributed by atoms with van der Waals surface area (Å²) >= 11 is 0. The molecule has 0 fully saturated rings. The summed E-state index contributed by atoms with van der Waals surface area (Å²) in [6.07, 6.45) is -7.38. The molecule has 0 bridgehead atoms. The number of hydrogen-bond donors (Lipinski definition) is 0. The molecule has 6 nitrogen and oxygen atoms in total. The molecule has 11 heteroatoms. The van der Waals surface area contributed by atoms with E-state index in [1.54, 1.807) is 6.07 Å². The van der Waals surface area contributed by atoms with E-state index in [-0.39, 0.29) is 5.65 Å². The molecule has 0 unspecified atom stereocenters. The van der Waals surface area contributed by atoms with Gasteiger partial charge in [-0.1, -0.05) is 12.1 Å². The summed E-state index contributed by atoms with van der Waals surface area (Å²) < 4.78 is 73.6. The van der Waals surface area contributed by atoms with Gasteiger partial charge in [0.15, 0.2) is 5.65 Å². The maximum absolute atomic E-state index is 14.0. The number of benzene rings is 1. The maximum Gasteiger partial charge on any atom is 0.573 e. The molecule has 0 atom stereocenters. The quantitative estimate of drug-likeness (QED) is 0.624. The molecule has 0 aliphatic rings. The van der Waals surface area contributed by atoms with Crippen LogP contribution in [0.15, 0.2) is 42.6 Å². The molecule has 2 heterocycles. The zero-order chi connectivity index (χ0) is 19.7. The molecular weight excluding hydrogens is 375 g/mol. The Kier molecular flexibility index (Phi) is 4.67. The molecule has 3 aromatic rings. The molecule has 0 N–H and O–H groups in total. The lowest BCUT2D eigenvalue weighted by atomic mass is 10.1. The topological polar surface area (TPSA) is 72.4 Å². The number of alkyl halides is 5. The van der Waals surface area contributed by atoms with Gasteiger partial charge in [0.25, 0.3) is 0 Å². The number of ether oxygens (including phenoxy) is 2. The van der Waals surface area contributed by atoms with Gasteiger partial charge in [0.1, 0.15) is 12.4 Å². The van der Waals surface area contributed by atoms with Gasteiger partial charge in [0.2, 0.25) is 5.82 Å². The lowest BCUT2D eigenvalue weighted by Gasteiger charge is -2.13. The predicted molar refractivity (Wildman–Crippen MR) is 80.6 cm³/mol. The summed E-state index contributed by atoms with van der Waals surface area (Å²) in [5.74, 6) is -1.24. The van der Waals surface area contributed by atoms with E-state index in [9.17, 15) is 22.0 Å². The molecule has 140 valence electrons. The van der Waals surface area contributed by atoms with Gasteiger partial charge in [0, 0.05) is 6.20 Å². The van der Waals surface area contributed by atoms with Crippen LogP contribution in [-0.2, 0) is 10.8 Å². The molecule has 1 aromatic carbocycles. The number of pyridine rings is 1. The Labute approximate surface area is 148 Å². The van der Waals surface area contributed by atoms with Crippen LogP contribution in [0.3, 0.4) is 0 Å². The van der Waals surface area contributed by atoms with Crippen molar-refractivity contribution in [3.63, 3.8) is 0 Å². The van der Waals surface area contributed by atoms with Crippen molar-refractivity contribution >= 4 is 5.65 Å². The van der Waals surface area contributed by atoms with Gasteiger partial charge in [-0.25, -0.2) is 0 Å². The number of halogens is 5. The van der Waals surface area contributed by atoms with Gasteiger partial charge in [-0.2, -0.15) is 14.0 Å². The number of fused-ring (bicyclic) bond motifs is 1. The van der Waals surface area contributed by atoms with Gasteiger partial charge in [-0.05, 0) is 35.4 Å². The van der Waals surface area contributed by atoms with Crippen LogP contribution in [0.4, 0.5) is 22.0 Å². The highest BCUT2D eigenvalue weighted by Crippen LogP contribution is 2.30. The van der Waals surface area contributed by atoms with Crippen molar-refractivity contribution in [2.75, 3.05) is 6.61 Å². The normalized spacial score (nSPS) is 12.1. The van der Waals surface area contributed by atoms with Gasteiger partial charge < -0.3 is 4.74 Å². The Bertz CT molecular complexity index is 993. The summed E-state index contributed by atoms with van der Waals surface area (Å²) in [5.41, 5.74) is 0.969. The third-order valence-corrected chi connectivity index (χ3v) is 3.40. The van der Waals surface area contributed by atoms with Crippen LogP contribution in [0.2, 0.25) is 0 Å². The Morgan fingerprint density at radius 2 is 1.63 bits per heavy atom. The largest absolute Gasteiger partial charge is 0.573 e. The summed E-state index contributed by atoms with van der Waals surface area (Å²) in [4.78, 5) is 0. The average molecular weight is 384 g/mol. The summed E-state index contributed by atoms with van der Waals surface area (Å²) in [6.45, 7) is -0.845. The second kappa shape index (κ2) is 6.81. The number of hydrogen-bond acceptors (Lipinski definition) is 5. The van der Waals surface area contributed by atoms with Crippen LogP contribution >= 0.6 is 0 Å². The third-order valence-electron chi connectivity index (χ3n) is 3.40. The van der Waals surface area contributed by atoms with Crippen molar-refractivity contribution in [3.05, 3.63) is 48.4 Å². The van der Waals surface area contributed by atoms with E-state index < -0.39 is 30.7 Å². The zero-order valence-corrected chi connectivity index (χ0v) is 13.2. The molecule has 0 saturated heterocycles. The smallest absolute Gasteiger partial charge is 0.406 e. The van der Waals surface area contributed by atoms with Crippen molar-refractivity contribution in [3.8, 4) is 22.9 Å². The minimum atomic E-state index is -4.81. The number of nitriles is 1. The minimum Gasteiger partial charge on any atom is -0.406 e. The molecule has 0 saturated carbocycles. The molecule has 0 radical (unpaired) electrons. The highest BCUT2D eigenvalue weighted by atomic mass is 19.4. The Morgan fingerprint density at radius 3 is 2.26 bits per heavy atom. The van der Waals surface area contributed by atoms with Crippen molar-refractivity contribution in [1.82, 2.24) is 14.6 Å². The fourth-order valence-electron chi connectivity index (χ4n) is 2.30. The lowest BCUT2D eigenvalue weighted by Crippen LogP contribution is -2.22. The molecular formula is C16H9F5N4O2. The summed E-state index contributed by atoms with van der Waals surface area (Å²) in [7, 11) is 0. The predicted octanol–water partition coefficient (Wildman–Crippen LogP) is 3.88. The standard InChI is InChI=1S/C16H9F5N4O2/c17-15(18,26-8-7-22)14-24-23-13-6-3-11(9-25(13)14)10-1-4-12(5-2-10)27-16(19,20)21/h1-6,9H,8H2. The lowest BCUT2D eigenvalue weighted by molar-refractivity contribution is -0.274. The number of nitrogens with zero attached hydrogens (tertiary/aromatic N) is 4. The molecule has 3 rings (SSSR count). The first-order valence-corrected chi connectivity index (χ1v) is 7.30. The van der Waals surface area contributed by atoms with Crippen LogP contribution in [0.25, 0.3) is 16.8 Å². The molecule has 27 heavy (non-hydrogen) atoms. The SMILES string of the molecule is N#CCOC(F)(F)c1nnc2ccc(-c3ccc(OC(F)(F)F)cc3)cn12. The van der Waals surface area contributed by atoms with Crippen molar-refractivity contribution in [2.45, 2.75) is 12.5 Å².